The van der Waals surface area contributed by atoms with Crippen LogP contribution in [0, 0.1) is 6.92 Å². The first-order chi connectivity index (χ1) is 16.6. The van der Waals surface area contributed by atoms with Crippen molar-refractivity contribution in [3.63, 3.8) is 0 Å². The van der Waals surface area contributed by atoms with Gasteiger partial charge in [0.25, 0.3) is 5.91 Å². The van der Waals surface area contributed by atoms with E-state index in [0.717, 1.165) is 35.2 Å². The molecule has 0 radical (unpaired) electrons. The molecule has 0 unspecified atom stereocenters. The quantitative estimate of drug-likeness (QED) is 0.566. The third kappa shape index (κ3) is 5.79. The molecule has 0 saturated carbocycles. The topological polar surface area (TPSA) is 115 Å². The second kappa shape index (κ2) is 9.77. The number of anilines is 2. The molecule has 3 aromatic rings. The number of carbonyl (C=O) groups excluding carboxylic acids is 2. The van der Waals surface area contributed by atoms with Crippen LogP contribution in [-0.4, -0.2) is 50.4 Å². The molecule has 35 heavy (non-hydrogen) atoms. The lowest BCUT2D eigenvalue weighted by atomic mass is 10.1. The van der Waals surface area contributed by atoms with Crippen molar-refractivity contribution < 1.29 is 14.3 Å². The number of carbonyl (C=O) groups is 2. The van der Waals surface area contributed by atoms with Crippen LogP contribution < -0.4 is 11.1 Å². The molecule has 2 aromatic heterocycles. The molecule has 9 nitrogen and oxygen atoms in total. The van der Waals surface area contributed by atoms with Crippen molar-refractivity contribution in [1.82, 2.24) is 19.7 Å². The van der Waals surface area contributed by atoms with Crippen molar-refractivity contribution in [2.75, 3.05) is 24.1 Å². The Balaban J connectivity index is 1.44. The Bertz CT molecular complexity index is 1220. The van der Waals surface area contributed by atoms with Gasteiger partial charge < -0.3 is 20.7 Å². The smallest absolute Gasteiger partial charge is 0.410 e. The summed E-state index contributed by atoms with van der Waals surface area (Å²) in [5.74, 6) is -0.144. The van der Waals surface area contributed by atoms with E-state index in [4.69, 9.17) is 10.5 Å². The molecule has 3 N–H and O–H groups in total. The Morgan fingerprint density at radius 1 is 1.11 bits per heavy atom. The summed E-state index contributed by atoms with van der Waals surface area (Å²) in [6.07, 6.45) is 6.64. The van der Waals surface area contributed by atoms with Gasteiger partial charge in [0.05, 0.1) is 17.8 Å². The Kier molecular flexibility index (Phi) is 6.77. The number of ether oxygens (including phenoxy) is 1. The number of nitrogens with zero attached hydrogens (tertiary/aromatic N) is 4. The maximum atomic E-state index is 12.9. The van der Waals surface area contributed by atoms with Gasteiger partial charge in [-0.3, -0.25) is 9.48 Å². The minimum Gasteiger partial charge on any atom is -0.444 e. The number of rotatable bonds is 4. The first-order valence-corrected chi connectivity index (χ1v) is 11.8. The van der Waals surface area contributed by atoms with Gasteiger partial charge in [-0.05, 0) is 58.2 Å². The van der Waals surface area contributed by atoms with Crippen LogP contribution in [0.4, 0.5) is 16.3 Å². The summed E-state index contributed by atoms with van der Waals surface area (Å²) in [4.78, 5) is 31.2. The Hall–Kier alpha value is -3.88. The molecule has 1 fully saturated rings. The molecule has 1 aliphatic rings. The van der Waals surface area contributed by atoms with Crippen molar-refractivity contribution in [2.24, 2.45) is 0 Å². The van der Waals surface area contributed by atoms with Crippen LogP contribution in [0.2, 0.25) is 0 Å². The van der Waals surface area contributed by atoms with Crippen molar-refractivity contribution in [2.45, 2.75) is 52.2 Å². The lowest BCUT2D eigenvalue weighted by Crippen LogP contribution is -2.42. The average Bonchev–Trinajstić information content (AvgIpc) is 3.30. The molecule has 2 amide bonds. The van der Waals surface area contributed by atoms with Gasteiger partial charge in [0, 0.05) is 42.3 Å². The fraction of sp³-hybridized carbons (Fsp3) is 0.385. The lowest BCUT2D eigenvalue weighted by Gasteiger charge is -2.33. The van der Waals surface area contributed by atoms with Gasteiger partial charge >= 0.3 is 6.09 Å². The third-order valence-electron chi connectivity index (χ3n) is 5.98. The fourth-order valence-corrected chi connectivity index (χ4v) is 4.04. The van der Waals surface area contributed by atoms with Crippen LogP contribution in [-0.2, 0) is 4.74 Å². The normalized spacial score (nSPS) is 14.6. The number of pyridine rings is 1. The minimum atomic E-state index is -0.506. The number of nitrogens with two attached hydrogens (primary N) is 1. The lowest BCUT2D eigenvalue weighted by molar-refractivity contribution is 0.0184. The zero-order valence-electron chi connectivity index (χ0n) is 20.6. The highest BCUT2D eigenvalue weighted by molar-refractivity contribution is 6.08. The van der Waals surface area contributed by atoms with Crippen LogP contribution >= 0.6 is 0 Å². The standard InChI is InChI=1S/C26H32N6O3/c1-17-7-5-6-8-22(17)30-24(33)21-13-18(14-28-23(21)27)19-15-29-32(16-19)20-9-11-31(12-10-20)25(34)35-26(2,3)4/h5-8,13-16,20H,9-12H2,1-4H3,(H2,27,28)(H,30,33). The number of aromatic nitrogens is 3. The van der Waals surface area contributed by atoms with Gasteiger partial charge in [0.1, 0.15) is 11.4 Å². The van der Waals surface area contributed by atoms with Gasteiger partial charge in [-0.25, -0.2) is 9.78 Å². The van der Waals surface area contributed by atoms with Gasteiger partial charge in [-0.15, -0.1) is 0 Å². The molecule has 1 aliphatic heterocycles. The predicted molar refractivity (Wildman–Crippen MR) is 135 cm³/mol. The number of amides is 2. The summed E-state index contributed by atoms with van der Waals surface area (Å²) in [6.45, 7) is 8.76. The van der Waals surface area contributed by atoms with E-state index in [1.807, 2.05) is 62.8 Å². The van der Waals surface area contributed by atoms with Crippen LogP contribution in [0.25, 0.3) is 11.1 Å². The van der Waals surface area contributed by atoms with E-state index in [2.05, 4.69) is 15.4 Å². The first kappa shape index (κ1) is 24.3. The molecule has 1 saturated heterocycles. The molecule has 0 aliphatic carbocycles. The number of likely N-dealkylation sites (tertiary alicyclic amines) is 1. The summed E-state index contributed by atoms with van der Waals surface area (Å²) < 4.78 is 7.40. The van der Waals surface area contributed by atoms with Crippen molar-refractivity contribution in [3.05, 3.63) is 60.0 Å². The number of benzene rings is 1. The molecule has 0 bridgehead atoms. The first-order valence-electron chi connectivity index (χ1n) is 11.8. The minimum absolute atomic E-state index is 0.168. The molecule has 4 rings (SSSR count). The number of hydrogen-bond donors (Lipinski definition) is 2. The zero-order chi connectivity index (χ0) is 25.2. The van der Waals surface area contributed by atoms with Crippen LogP contribution in [0.1, 0.15) is 55.6 Å². The summed E-state index contributed by atoms with van der Waals surface area (Å²) >= 11 is 0. The van der Waals surface area contributed by atoms with Gasteiger partial charge in [0.2, 0.25) is 0 Å². The van der Waals surface area contributed by atoms with Crippen molar-refractivity contribution in [1.29, 1.82) is 0 Å². The van der Waals surface area contributed by atoms with E-state index in [1.54, 1.807) is 23.4 Å². The number of aryl methyl sites for hydroxylation is 1. The van der Waals surface area contributed by atoms with E-state index in [1.165, 1.54) is 0 Å². The van der Waals surface area contributed by atoms with Crippen LogP contribution in [0.5, 0.6) is 0 Å². The monoisotopic (exact) mass is 476 g/mol. The van der Waals surface area contributed by atoms with Gasteiger partial charge in [0.15, 0.2) is 0 Å². The summed E-state index contributed by atoms with van der Waals surface area (Å²) in [7, 11) is 0. The highest BCUT2D eigenvalue weighted by Gasteiger charge is 2.28. The number of hydrogen-bond acceptors (Lipinski definition) is 6. The zero-order valence-corrected chi connectivity index (χ0v) is 20.6. The highest BCUT2D eigenvalue weighted by atomic mass is 16.6. The van der Waals surface area contributed by atoms with Gasteiger partial charge in [-0.2, -0.15) is 5.10 Å². The number of piperidine rings is 1. The molecule has 1 aromatic carbocycles. The maximum Gasteiger partial charge on any atom is 0.410 e. The van der Waals surface area contributed by atoms with E-state index in [0.29, 0.717) is 18.7 Å². The van der Waals surface area contributed by atoms with Crippen molar-refractivity contribution in [3.8, 4) is 11.1 Å². The van der Waals surface area contributed by atoms with Crippen molar-refractivity contribution >= 4 is 23.5 Å². The third-order valence-corrected chi connectivity index (χ3v) is 5.98. The SMILES string of the molecule is Cc1ccccc1NC(=O)c1cc(-c2cnn(C3CCN(C(=O)OC(C)(C)C)CC3)c2)cnc1N. The Morgan fingerprint density at radius 3 is 2.51 bits per heavy atom. The number of nitrogen functional groups attached to an aromatic ring is 1. The second-order valence-electron chi connectivity index (χ2n) is 9.83. The second-order valence-corrected chi connectivity index (χ2v) is 9.83. The summed E-state index contributed by atoms with van der Waals surface area (Å²) in [5, 5.41) is 7.45. The van der Waals surface area contributed by atoms with E-state index >= 15 is 0 Å². The molecular weight excluding hydrogens is 444 g/mol. The average molecular weight is 477 g/mol. The molecule has 9 heteroatoms. The summed E-state index contributed by atoms with van der Waals surface area (Å²) in [5.41, 5.74) is 9.12. The fourth-order valence-electron chi connectivity index (χ4n) is 4.04. The van der Waals surface area contributed by atoms with E-state index < -0.39 is 5.60 Å². The largest absolute Gasteiger partial charge is 0.444 e. The summed E-state index contributed by atoms with van der Waals surface area (Å²) in [6, 6.07) is 9.47. The molecular formula is C26H32N6O3. The molecule has 184 valence electrons. The number of nitrogens with one attached hydrogen (secondary N) is 1. The van der Waals surface area contributed by atoms with E-state index in [-0.39, 0.29) is 23.9 Å². The molecule has 3 heterocycles. The van der Waals surface area contributed by atoms with E-state index in [9.17, 15) is 9.59 Å². The highest BCUT2D eigenvalue weighted by Crippen LogP contribution is 2.27. The predicted octanol–water partition coefficient (Wildman–Crippen LogP) is 4.66. The molecule has 0 atom stereocenters. The Morgan fingerprint density at radius 2 is 1.83 bits per heavy atom. The number of para-hydroxylation sites is 1. The molecule has 0 spiro atoms. The van der Waals surface area contributed by atoms with Crippen LogP contribution in [0.3, 0.4) is 0 Å². The Labute approximate surface area is 205 Å². The van der Waals surface area contributed by atoms with Crippen LogP contribution in [0.15, 0.2) is 48.9 Å². The maximum absolute atomic E-state index is 12.9. The van der Waals surface area contributed by atoms with Gasteiger partial charge in [-0.1, -0.05) is 18.2 Å².